The van der Waals surface area contributed by atoms with Crippen molar-refractivity contribution in [3.8, 4) is 0 Å². The van der Waals surface area contributed by atoms with E-state index in [2.05, 4.69) is 5.32 Å². The second-order valence-corrected chi connectivity index (χ2v) is 6.91. The highest BCUT2D eigenvalue weighted by Crippen LogP contribution is 2.32. The molecule has 1 atom stereocenters. The zero-order chi connectivity index (χ0) is 17.7. The van der Waals surface area contributed by atoms with E-state index in [9.17, 15) is 14.4 Å². The number of carbonyl (C=O) groups excluding carboxylic acids is 3. The third kappa shape index (κ3) is 4.61. The van der Waals surface area contributed by atoms with Crippen molar-refractivity contribution < 1.29 is 14.4 Å². The van der Waals surface area contributed by atoms with Gasteiger partial charge in [-0.2, -0.15) is 0 Å². The van der Waals surface area contributed by atoms with Gasteiger partial charge in [0.25, 0.3) is 11.1 Å². The zero-order valence-electron chi connectivity index (χ0n) is 13.5. The largest absolute Gasteiger partial charge is 0.354 e. The van der Waals surface area contributed by atoms with Crippen molar-refractivity contribution in [3.63, 3.8) is 0 Å². The number of carbonyl (C=O) groups is 3. The molecule has 1 heterocycles. The second-order valence-electron chi connectivity index (χ2n) is 5.49. The van der Waals surface area contributed by atoms with Gasteiger partial charge in [-0.3, -0.25) is 19.3 Å². The van der Waals surface area contributed by atoms with E-state index >= 15 is 0 Å². The molecule has 1 aromatic carbocycles. The molecule has 7 heteroatoms. The van der Waals surface area contributed by atoms with Crippen LogP contribution in [0.5, 0.6) is 0 Å². The Morgan fingerprint density at radius 3 is 2.62 bits per heavy atom. The molecule has 1 aliphatic heterocycles. The predicted octanol–water partition coefficient (Wildman–Crippen LogP) is 3.54. The Morgan fingerprint density at radius 2 is 2.00 bits per heavy atom. The first-order chi connectivity index (χ1) is 11.4. The van der Waals surface area contributed by atoms with Crippen molar-refractivity contribution in [2.75, 3.05) is 13.1 Å². The summed E-state index contributed by atoms with van der Waals surface area (Å²) in [6.07, 6.45) is 2.41. The quantitative estimate of drug-likeness (QED) is 0.782. The van der Waals surface area contributed by atoms with Crippen molar-refractivity contribution >= 4 is 46.5 Å². The second kappa shape index (κ2) is 8.35. The zero-order valence-corrected chi connectivity index (χ0v) is 15.1. The number of amides is 3. The Morgan fingerprint density at radius 1 is 1.33 bits per heavy atom. The molecule has 1 saturated heterocycles. The Kier molecular flexibility index (Phi) is 6.45. The van der Waals surface area contributed by atoms with E-state index < -0.39 is 0 Å². The molecule has 0 spiro atoms. The third-order valence-electron chi connectivity index (χ3n) is 3.74. The minimum atomic E-state index is -0.335. The van der Waals surface area contributed by atoms with E-state index in [1.54, 1.807) is 30.3 Å². The van der Waals surface area contributed by atoms with Crippen LogP contribution in [0.4, 0.5) is 4.79 Å². The summed E-state index contributed by atoms with van der Waals surface area (Å²) in [5.74, 6) is -0.483. The van der Waals surface area contributed by atoms with Gasteiger partial charge in [-0.25, -0.2) is 0 Å². The van der Waals surface area contributed by atoms with Gasteiger partial charge >= 0.3 is 0 Å². The number of hydrogen-bond acceptors (Lipinski definition) is 4. The fourth-order valence-electron chi connectivity index (χ4n) is 2.05. The Balaban J connectivity index is 1.96. The molecule has 0 aliphatic carbocycles. The lowest BCUT2D eigenvalue weighted by Crippen LogP contribution is -2.38. The smallest absolute Gasteiger partial charge is 0.293 e. The van der Waals surface area contributed by atoms with Crippen LogP contribution in [0.15, 0.2) is 29.2 Å². The highest BCUT2D eigenvalue weighted by Gasteiger charge is 2.34. The van der Waals surface area contributed by atoms with E-state index in [0.29, 0.717) is 9.93 Å². The van der Waals surface area contributed by atoms with E-state index in [1.165, 1.54) is 0 Å². The molecule has 0 aromatic heterocycles. The minimum absolute atomic E-state index is 0.0684. The van der Waals surface area contributed by atoms with Gasteiger partial charge in [-0.1, -0.05) is 37.6 Å². The molecule has 1 aromatic rings. The van der Waals surface area contributed by atoms with Crippen molar-refractivity contribution in [2.24, 2.45) is 5.92 Å². The molecule has 1 aliphatic rings. The number of rotatable bonds is 6. The number of nitrogens with one attached hydrogen (secondary N) is 1. The molecule has 2 rings (SSSR count). The Hall–Kier alpha value is -1.79. The normalized spacial score (nSPS) is 17.5. The molecule has 0 bridgehead atoms. The summed E-state index contributed by atoms with van der Waals surface area (Å²) in [7, 11) is 0. The van der Waals surface area contributed by atoms with Crippen LogP contribution in [-0.2, 0) is 9.59 Å². The number of hydrogen-bond donors (Lipinski definition) is 1. The SMILES string of the molecule is CCC(C)C(=O)NCCN1C(=O)S/C(=C\c2ccc(Cl)cc2)C1=O. The molecule has 5 nitrogen and oxygen atoms in total. The Bertz CT molecular complexity index is 673. The summed E-state index contributed by atoms with van der Waals surface area (Å²) in [5, 5.41) is 3.03. The molecular formula is C17H19ClN2O3S. The number of nitrogens with zero attached hydrogens (tertiary/aromatic N) is 1. The van der Waals surface area contributed by atoms with Crippen LogP contribution >= 0.6 is 23.4 Å². The first kappa shape index (κ1) is 18.5. The molecule has 1 fully saturated rings. The molecule has 24 heavy (non-hydrogen) atoms. The van der Waals surface area contributed by atoms with Gasteiger partial charge in [0.15, 0.2) is 0 Å². The fourth-order valence-corrected chi connectivity index (χ4v) is 3.04. The average molecular weight is 367 g/mol. The standard InChI is InChI=1S/C17H19ClN2O3S/c1-3-11(2)15(21)19-8-9-20-16(22)14(24-17(20)23)10-12-4-6-13(18)7-5-12/h4-7,10-11H,3,8-9H2,1-2H3,(H,19,21)/b14-10-. The van der Waals surface area contributed by atoms with Gasteiger partial charge in [0.1, 0.15) is 0 Å². The molecule has 0 radical (unpaired) electrons. The molecule has 128 valence electrons. The van der Waals surface area contributed by atoms with Gasteiger partial charge < -0.3 is 5.32 Å². The van der Waals surface area contributed by atoms with Crippen LogP contribution in [0.25, 0.3) is 6.08 Å². The summed E-state index contributed by atoms with van der Waals surface area (Å²) < 4.78 is 0. The van der Waals surface area contributed by atoms with Gasteiger partial charge in [-0.05, 0) is 42.0 Å². The van der Waals surface area contributed by atoms with Crippen LogP contribution < -0.4 is 5.32 Å². The summed E-state index contributed by atoms with van der Waals surface area (Å²) in [4.78, 5) is 37.6. The van der Waals surface area contributed by atoms with Gasteiger partial charge in [-0.15, -0.1) is 0 Å². The maximum atomic E-state index is 12.3. The maximum absolute atomic E-state index is 12.3. The maximum Gasteiger partial charge on any atom is 0.293 e. The topological polar surface area (TPSA) is 66.5 Å². The van der Waals surface area contributed by atoms with Crippen molar-refractivity contribution in [2.45, 2.75) is 20.3 Å². The number of halogens is 1. The summed E-state index contributed by atoms with van der Waals surface area (Å²) in [5.41, 5.74) is 0.801. The van der Waals surface area contributed by atoms with E-state index in [-0.39, 0.29) is 36.1 Å². The first-order valence-corrected chi connectivity index (χ1v) is 8.90. The number of imide groups is 1. The van der Waals surface area contributed by atoms with E-state index in [1.807, 2.05) is 13.8 Å². The van der Waals surface area contributed by atoms with Crippen LogP contribution in [0.2, 0.25) is 5.02 Å². The summed E-state index contributed by atoms with van der Waals surface area (Å²) in [6.45, 7) is 4.20. The molecule has 1 N–H and O–H groups in total. The Labute approximate surface area is 150 Å². The number of benzene rings is 1. The molecule has 3 amide bonds. The van der Waals surface area contributed by atoms with Crippen molar-refractivity contribution in [1.82, 2.24) is 10.2 Å². The van der Waals surface area contributed by atoms with Crippen LogP contribution in [-0.4, -0.2) is 35.0 Å². The lowest BCUT2D eigenvalue weighted by molar-refractivity contribution is -0.126. The molecule has 0 saturated carbocycles. The summed E-state index contributed by atoms with van der Waals surface area (Å²) >= 11 is 6.73. The monoisotopic (exact) mass is 366 g/mol. The lowest BCUT2D eigenvalue weighted by atomic mass is 10.1. The first-order valence-electron chi connectivity index (χ1n) is 7.71. The highest BCUT2D eigenvalue weighted by atomic mass is 35.5. The van der Waals surface area contributed by atoms with Gasteiger partial charge in [0.05, 0.1) is 4.91 Å². The van der Waals surface area contributed by atoms with Gasteiger partial charge in [0, 0.05) is 24.0 Å². The van der Waals surface area contributed by atoms with E-state index in [4.69, 9.17) is 11.6 Å². The van der Waals surface area contributed by atoms with Gasteiger partial charge in [0.2, 0.25) is 5.91 Å². The summed E-state index contributed by atoms with van der Waals surface area (Å²) in [6, 6.07) is 7.01. The van der Waals surface area contributed by atoms with E-state index in [0.717, 1.165) is 28.6 Å². The molecular weight excluding hydrogens is 348 g/mol. The molecule has 1 unspecified atom stereocenters. The predicted molar refractivity (Wildman–Crippen MR) is 96.6 cm³/mol. The van der Waals surface area contributed by atoms with Crippen LogP contribution in [0.3, 0.4) is 0 Å². The number of thioether (sulfide) groups is 1. The van der Waals surface area contributed by atoms with Crippen molar-refractivity contribution in [3.05, 3.63) is 39.8 Å². The van der Waals surface area contributed by atoms with Crippen LogP contribution in [0, 0.1) is 5.92 Å². The lowest BCUT2D eigenvalue weighted by Gasteiger charge is -2.14. The van der Waals surface area contributed by atoms with Crippen molar-refractivity contribution in [1.29, 1.82) is 0 Å². The third-order valence-corrected chi connectivity index (χ3v) is 4.90. The highest BCUT2D eigenvalue weighted by molar-refractivity contribution is 8.18. The van der Waals surface area contributed by atoms with Crippen LogP contribution in [0.1, 0.15) is 25.8 Å². The average Bonchev–Trinajstić information content (AvgIpc) is 2.83. The minimum Gasteiger partial charge on any atom is -0.354 e. The fraction of sp³-hybridized carbons (Fsp3) is 0.353.